The quantitative estimate of drug-likeness (QED) is 0.760. The number of nitrogens with one attached hydrogen (secondary N) is 2. The average molecular weight is 375 g/mol. The number of amides is 1. The summed E-state index contributed by atoms with van der Waals surface area (Å²) in [5.41, 5.74) is 2.99. The number of hydrogen-bond acceptors (Lipinski definition) is 2. The smallest absolute Gasteiger partial charge is 0.288 e. The molecule has 136 valence electrons. The predicted molar refractivity (Wildman–Crippen MR) is 102 cm³/mol. The third-order valence-corrected chi connectivity index (χ3v) is 5.11. The molecule has 3 rings (SSSR count). The molecule has 1 heterocycles. The monoisotopic (exact) mass is 375 g/mol. The minimum Gasteiger partial charge on any atom is -0.324 e. The van der Waals surface area contributed by atoms with Crippen molar-refractivity contribution >= 4 is 28.9 Å². The molecule has 0 saturated carbocycles. The van der Waals surface area contributed by atoms with E-state index in [4.69, 9.17) is 0 Å². The number of quaternary nitrogens is 1. The summed E-state index contributed by atoms with van der Waals surface area (Å²) < 4.78 is 25.3. The molecule has 0 aromatic heterocycles. The van der Waals surface area contributed by atoms with Crippen LogP contribution in [-0.4, -0.2) is 31.3 Å². The van der Waals surface area contributed by atoms with E-state index in [2.05, 4.69) is 23.5 Å². The molecule has 6 heteroatoms. The van der Waals surface area contributed by atoms with Gasteiger partial charge >= 0.3 is 0 Å². The van der Waals surface area contributed by atoms with Crippen molar-refractivity contribution in [1.82, 2.24) is 0 Å². The van der Waals surface area contributed by atoms with E-state index in [1.807, 2.05) is 18.2 Å². The Kier molecular flexibility index (Phi) is 6.41. The molecule has 0 aliphatic carbocycles. The van der Waals surface area contributed by atoms with Gasteiger partial charge in [-0.15, -0.1) is 0 Å². The Labute approximate surface area is 156 Å². The number of carbonyl (C=O) groups excluding carboxylic acids is 1. The average Bonchev–Trinajstić information content (AvgIpc) is 2.64. The fourth-order valence-electron chi connectivity index (χ4n) is 3.05. The first-order valence-electron chi connectivity index (χ1n) is 8.53. The molecule has 0 saturated heterocycles. The van der Waals surface area contributed by atoms with E-state index in [-0.39, 0.29) is 5.91 Å². The number of halogens is 2. The summed E-state index contributed by atoms with van der Waals surface area (Å²) >= 11 is 0.447. The van der Waals surface area contributed by atoms with Crippen molar-refractivity contribution in [3.05, 3.63) is 66.2 Å². The molecule has 0 spiro atoms. The molecule has 0 radical (unpaired) electrons. The Morgan fingerprint density at radius 2 is 1.85 bits per heavy atom. The van der Waals surface area contributed by atoms with Crippen LogP contribution in [0.1, 0.15) is 12.0 Å². The molecule has 0 fully saturated rings. The Bertz CT molecular complexity index is 780. The van der Waals surface area contributed by atoms with E-state index >= 15 is 0 Å². The summed E-state index contributed by atoms with van der Waals surface area (Å²) in [5, 5.41) is 2.77. The van der Waals surface area contributed by atoms with Crippen LogP contribution in [0.5, 0.6) is 0 Å². The summed E-state index contributed by atoms with van der Waals surface area (Å²) in [6.45, 7) is 1.99. The lowest BCUT2D eigenvalue weighted by atomic mass is 10.00. The van der Waals surface area contributed by atoms with Gasteiger partial charge in [0.15, 0.2) is 6.54 Å². The molecule has 3 nitrogen and oxygen atoms in total. The van der Waals surface area contributed by atoms with Crippen molar-refractivity contribution in [3.8, 4) is 0 Å². The Hall–Kier alpha value is -2.18. The molecule has 1 aliphatic heterocycles. The van der Waals surface area contributed by atoms with Crippen LogP contribution in [-0.2, 0) is 4.79 Å². The van der Waals surface area contributed by atoms with E-state index in [0.29, 0.717) is 28.9 Å². The first kappa shape index (κ1) is 18.6. The van der Waals surface area contributed by atoms with Gasteiger partial charge in [-0.1, -0.05) is 54.2 Å². The van der Waals surface area contributed by atoms with Crippen molar-refractivity contribution in [2.24, 2.45) is 0 Å². The number of para-hydroxylation sites is 1. The number of carbonyl (C=O) groups is 1. The van der Waals surface area contributed by atoms with Crippen LogP contribution in [0.3, 0.4) is 0 Å². The number of thioether (sulfide) groups is 1. The zero-order valence-electron chi connectivity index (χ0n) is 14.3. The second-order valence-corrected chi connectivity index (χ2v) is 7.18. The lowest BCUT2D eigenvalue weighted by Gasteiger charge is -2.23. The van der Waals surface area contributed by atoms with Gasteiger partial charge in [0.25, 0.3) is 11.7 Å². The van der Waals surface area contributed by atoms with Gasteiger partial charge < -0.3 is 10.2 Å². The van der Waals surface area contributed by atoms with Gasteiger partial charge in [-0.05, 0) is 29.3 Å². The largest absolute Gasteiger partial charge is 0.324 e. The molecular formula is C20H21F2N2OS+. The molecule has 1 unspecified atom stereocenters. The summed E-state index contributed by atoms with van der Waals surface area (Å²) in [6, 6.07) is 16.9. The highest BCUT2D eigenvalue weighted by Crippen LogP contribution is 2.31. The standard InChI is InChI=1S/C20H20F2N2OS/c21-20(22)26-18-9-5-4-8-17(18)23-19(25)14-24-12-10-16(11-13-24)15-6-2-1-3-7-15/h1-10,20H,11-14H2,(H,23,25)/p+1. The summed E-state index contributed by atoms with van der Waals surface area (Å²) in [7, 11) is 0. The van der Waals surface area contributed by atoms with Crippen LogP contribution in [0.15, 0.2) is 65.6 Å². The lowest BCUT2D eigenvalue weighted by Crippen LogP contribution is -3.13. The highest BCUT2D eigenvalue weighted by atomic mass is 32.2. The zero-order valence-corrected chi connectivity index (χ0v) is 15.1. The van der Waals surface area contributed by atoms with Crippen LogP contribution < -0.4 is 10.2 Å². The highest BCUT2D eigenvalue weighted by Gasteiger charge is 2.20. The minimum atomic E-state index is -2.51. The maximum atomic E-state index is 12.6. The lowest BCUT2D eigenvalue weighted by molar-refractivity contribution is -0.886. The number of anilines is 1. The van der Waals surface area contributed by atoms with Gasteiger partial charge in [0.2, 0.25) is 0 Å². The summed E-state index contributed by atoms with van der Waals surface area (Å²) in [6.07, 6.45) is 3.10. The number of rotatable bonds is 6. The SMILES string of the molecule is O=C(C[NH+]1CC=C(c2ccccc2)CC1)Nc1ccccc1SC(F)F. The van der Waals surface area contributed by atoms with E-state index in [9.17, 15) is 13.6 Å². The second kappa shape index (κ2) is 8.96. The van der Waals surface area contributed by atoms with E-state index in [1.54, 1.807) is 24.3 Å². The molecule has 1 aliphatic rings. The zero-order chi connectivity index (χ0) is 18.4. The van der Waals surface area contributed by atoms with Crippen LogP contribution in [0.25, 0.3) is 5.57 Å². The van der Waals surface area contributed by atoms with Gasteiger partial charge in [-0.2, -0.15) is 8.78 Å². The molecule has 2 aromatic rings. The topological polar surface area (TPSA) is 33.5 Å². The van der Waals surface area contributed by atoms with Crippen molar-refractivity contribution in [3.63, 3.8) is 0 Å². The van der Waals surface area contributed by atoms with Crippen molar-refractivity contribution < 1.29 is 18.5 Å². The van der Waals surface area contributed by atoms with Crippen LogP contribution in [0, 0.1) is 0 Å². The molecule has 0 bridgehead atoms. The molecule has 2 N–H and O–H groups in total. The number of hydrogen-bond donors (Lipinski definition) is 2. The fourth-order valence-corrected chi connectivity index (χ4v) is 3.64. The molecule has 26 heavy (non-hydrogen) atoms. The molecule has 2 aromatic carbocycles. The normalized spacial score (nSPS) is 17.0. The molecular weight excluding hydrogens is 354 g/mol. The molecule has 1 amide bonds. The van der Waals surface area contributed by atoms with Gasteiger partial charge in [0.1, 0.15) is 0 Å². The van der Waals surface area contributed by atoms with Gasteiger partial charge in [0.05, 0.1) is 18.8 Å². The summed E-state index contributed by atoms with van der Waals surface area (Å²) in [4.78, 5) is 13.9. The number of benzene rings is 2. The second-order valence-electron chi connectivity index (χ2n) is 6.15. The van der Waals surface area contributed by atoms with Gasteiger partial charge in [-0.25, -0.2) is 0 Å². The van der Waals surface area contributed by atoms with Crippen molar-refractivity contribution in [1.29, 1.82) is 0 Å². The minimum absolute atomic E-state index is 0.154. The van der Waals surface area contributed by atoms with E-state index in [1.165, 1.54) is 16.0 Å². The van der Waals surface area contributed by atoms with Crippen LogP contribution >= 0.6 is 11.8 Å². The first-order chi connectivity index (χ1) is 12.6. The van der Waals surface area contributed by atoms with Crippen molar-refractivity contribution in [2.45, 2.75) is 17.1 Å². The highest BCUT2D eigenvalue weighted by molar-refractivity contribution is 7.99. The van der Waals surface area contributed by atoms with Crippen molar-refractivity contribution in [2.75, 3.05) is 25.0 Å². The van der Waals surface area contributed by atoms with Gasteiger partial charge in [0, 0.05) is 11.3 Å². The van der Waals surface area contributed by atoms with Crippen LogP contribution in [0.4, 0.5) is 14.5 Å². The fraction of sp³-hybridized carbons (Fsp3) is 0.250. The Morgan fingerprint density at radius 1 is 1.12 bits per heavy atom. The van der Waals surface area contributed by atoms with E-state index < -0.39 is 5.76 Å². The Balaban J connectivity index is 1.56. The molecule has 1 atom stereocenters. The Morgan fingerprint density at radius 3 is 2.54 bits per heavy atom. The maximum Gasteiger partial charge on any atom is 0.288 e. The summed E-state index contributed by atoms with van der Waals surface area (Å²) in [5.74, 6) is -2.67. The third kappa shape index (κ3) is 5.16. The van der Waals surface area contributed by atoms with E-state index in [0.717, 1.165) is 19.5 Å². The maximum absolute atomic E-state index is 12.6. The van der Waals surface area contributed by atoms with Crippen LogP contribution in [0.2, 0.25) is 0 Å². The third-order valence-electron chi connectivity index (χ3n) is 4.32. The first-order valence-corrected chi connectivity index (χ1v) is 9.41. The van der Waals surface area contributed by atoms with Gasteiger partial charge in [-0.3, -0.25) is 4.79 Å². The number of alkyl halides is 2. The predicted octanol–water partition coefficient (Wildman–Crippen LogP) is 3.31.